The average Bonchev–Trinajstić information content (AvgIpc) is 3.25. The van der Waals surface area contributed by atoms with Gasteiger partial charge in [-0.15, -0.1) is 0 Å². The van der Waals surface area contributed by atoms with Gasteiger partial charge in [0.05, 0.1) is 25.2 Å². The summed E-state index contributed by atoms with van der Waals surface area (Å²) in [7, 11) is 0. The lowest BCUT2D eigenvalue weighted by atomic mass is 10.0. The van der Waals surface area contributed by atoms with Crippen LogP contribution in [0.4, 0.5) is 0 Å². The second-order valence-corrected chi connectivity index (χ2v) is 16.9. The molecule has 0 rings (SSSR count). The maximum absolute atomic E-state index is 13.2. The number of aliphatic hydroxyl groups is 2. The summed E-state index contributed by atoms with van der Waals surface area (Å²) in [5.41, 5.74) is 0. The van der Waals surface area contributed by atoms with Gasteiger partial charge < -0.3 is 20.3 Å². The highest BCUT2D eigenvalue weighted by Crippen LogP contribution is 2.17. The van der Waals surface area contributed by atoms with Gasteiger partial charge in [-0.25, -0.2) is 0 Å². The topological polar surface area (TPSA) is 95.9 Å². The van der Waals surface area contributed by atoms with Crippen LogP contribution in [0.25, 0.3) is 0 Å². The summed E-state index contributed by atoms with van der Waals surface area (Å²) in [6, 6.07) is -0.719. The van der Waals surface area contributed by atoms with Crippen LogP contribution in [0.3, 0.4) is 0 Å². The van der Waals surface area contributed by atoms with Crippen molar-refractivity contribution in [2.24, 2.45) is 0 Å². The second-order valence-electron chi connectivity index (χ2n) is 16.9. The molecule has 3 atom stereocenters. The Morgan fingerprint density at radius 2 is 0.967 bits per heavy atom. The van der Waals surface area contributed by atoms with Crippen molar-refractivity contribution in [3.05, 3.63) is 85.1 Å². The molecule has 0 fully saturated rings. The molecule has 0 saturated carbocycles. The normalized spacial score (nSPS) is 14.0. The molecule has 0 aliphatic heterocycles. The van der Waals surface area contributed by atoms with E-state index in [0.717, 1.165) is 116 Å². The number of hydrogen-bond acceptors (Lipinski definition) is 5. The van der Waals surface area contributed by atoms with Gasteiger partial charge in [-0.1, -0.05) is 215 Å². The molecule has 0 aromatic carbocycles. The van der Waals surface area contributed by atoms with E-state index in [4.69, 9.17) is 4.74 Å². The lowest BCUT2D eigenvalue weighted by Crippen LogP contribution is -2.46. The number of aliphatic hydroxyl groups excluding tert-OH is 2. The Morgan fingerprint density at radius 3 is 1.52 bits per heavy atom. The fraction of sp³-hybridized carbons (Fsp3) is 0.709. The van der Waals surface area contributed by atoms with Crippen LogP contribution >= 0.6 is 0 Å². The number of unbranched alkanes of at least 4 members (excludes halogenated alkanes) is 20. The highest BCUT2D eigenvalue weighted by Gasteiger charge is 2.24. The van der Waals surface area contributed by atoms with E-state index in [-0.39, 0.29) is 24.9 Å². The van der Waals surface area contributed by atoms with Gasteiger partial charge in [0.15, 0.2) is 0 Å². The summed E-state index contributed by atoms with van der Waals surface area (Å²) in [5.74, 6) is -0.536. The number of allylic oxidation sites excluding steroid dienone is 14. The van der Waals surface area contributed by atoms with E-state index in [0.29, 0.717) is 19.3 Å². The van der Waals surface area contributed by atoms with Crippen LogP contribution in [-0.2, 0) is 14.3 Å². The van der Waals surface area contributed by atoms with Crippen LogP contribution in [0.1, 0.15) is 226 Å². The average molecular weight is 850 g/mol. The van der Waals surface area contributed by atoms with Crippen LogP contribution in [0.15, 0.2) is 85.1 Å². The summed E-state index contributed by atoms with van der Waals surface area (Å²) in [6.07, 6.45) is 62.1. The first-order chi connectivity index (χ1) is 30.0. The number of hydrogen-bond donors (Lipinski definition) is 3. The van der Waals surface area contributed by atoms with Gasteiger partial charge in [0.25, 0.3) is 0 Å². The van der Waals surface area contributed by atoms with Crippen LogP contribution in [0.5, 0.6) is 0 Å². The number of rotatable bonds is 44. The molecule has 1 amide bonds. The molecule has 0 aliphatic rings. The second kappa shape index (κ2) is 48.1. The van der Waals surface area contributed by atoms with Crippen molar-refractivity contribution in [2.75, 3.05) is 6.61 Å². The highest BCUT2D eigenvalue weighted by molar-refractivity contribution is 5.77. The molecular weight excluding hydrogens is 755 g/mol. The van der Waals surface area contributed by atoms with Gasteiger partial charge in [-0.3, -0.25) is 9.59 Å². The lowest BCUT2D eigenvalue weighted by molar-refractivity contribution is -0.151. The van der Waals surface area contributed by atoms with Crippen molar-refractivity contribution in [1.82, 2.24) is 5.32 Å². The molecule has 0 aromatic heterocycles. The Morgan fingerprint density at radius 1 is 0.508 bits per heavy atom. The van der Waals surface area contributed by atoms with Crippen molar-refractivity contribution >= 4 is 11.9 Å². The fourth-order valence-electron chi connectivity index (χ4n) is 7.24. The smallest absolute Gasteiger partial charge is 0.306 e. The van der Waals surface area contributed by atoms with E-state index in [1.54, 1.807) is 0 Å². The Kier molecular flexibility index (Phi) is 45.7. The third-order valence-corrected chi connectivity index (χ3v) is 11.0. The number of amides is 1. The molecule has 350 valence electrons. The van der Waals surface area contributed by atoms with Crippen molar-refractivity contribution in [2.45, 2.75) is 244 Å². The molecule has 6 heteroatoms. The van der Waals surface area contributed by atoms with Crippen LogP contribution in [0, 0.1) is 0 Å². The zero-order chi connectivity index (χ0) is 44.5. The lowest BCUT2D eigenvalue weighted by Gasteiger charge is -2.24. The monoisotopic (exact) mass is 850 g/mol. The first-order valence-corrected chi connectivity index (χ1v) is 25.3. The van der Waals surface area contributed by atoms with Crippen molar-refractivity contribution in [3.63, 3.8) is 0 Å². The van der Waals surface area contributed by atoms with E-state index in [1.807, 2.05) is 0 Å². The Hall–Kier alpha value is -2.96. The molecule has 0 heterocycles. The van der Waals surface area contributed by atoms with Gasteiger partial charge in [0.1, 0.15) is 6.10 Å². The third kappa shape index (κ3) is 43.5. The van der Waals surface area contributed by atoms with E-state index in [9.17, 15) is 19.8 Å². The van der Waals surface area contributed by atoms with Crippen LogP contribution in [-0.4, -0.2) is 46.9 Å². The largest absolute Gasteiger partial charge is 0.462 e. The Balaban J connectivity index is 4.67. The molecule has 61 heavy (non-hydrogen) atoms. The van der Waals surface area contributed by atoms with Gasteiger partial charge in [-0.2, -0.15) is 0 Å². The minimum absolute atomic E-state index is 0.0469. The number of ether oxygens (including phenoxy) is 1. The van der Waals surface area contributed by atoms with Crippen molar-refractivity contribution < 1.29 is 24.5 Å². The predicted octanol–water partition coefficient (Wildman–Crippen LogP) is 15.2. The predicted molar refractivity (Wildman–Crippen MR) is 264 cm³/mol. The molecule has 0 radical (unpaired) electrons. The van der Waals surface area contributed by atoms with Crippen molar-refractivity contribution in [3.8, 4) is 0 Å². The third-order valence-electron chi connectivity index (χ3n) is 11.0. The first kappa shape index (κ1) is 58.0. The Bertz CT molecular complexity index is 1180. The SMILES string of the molecule is CC/C=C/C=C/C=C/CCCCCCCC(CC(=O)NC(CO)C(O)CCCCCCCCCCCCCCC)OC(=O)CCCCC/C=C/C/C=C/C/C=C/C/C=C/CC. The quantitative estimate of drug-likeness (QED) is 0.0246. The maximum atomic E-state index is 13.2. The summed E-state index contributed by atoms with van der Waals surface area (Å²) >= 11 is 0. The van der Waals surface area contributed by atoms with Crippen molar-refractivity contribution in [1.29, 1.82) is 0 Å². The van der Waals surface area contributed by atoms with Gasteiger partial charge in [-0.05, 0) is 83.5 Å². The maximum Gasteiger partial charge on any atom is 0.306 e. The molecule has 6 nitrogen and oxygen atoms in total. The summed E-state index contributed by atoms with van der Waals surface area (Å²) < 4.78 is 5.91. The van der Waals surface area contributed by atoms with E-state index in [2.05, 4.69) is 111 Å². The van der Waals surface area contributed by atoms with E-state index < -0.39 is 18.2 Å². The molecule has 3 N–H and O–H groups in total. The zero-order valence-corrected chi connectivity index (χ0v) is 39.8. The number of esters is 1. The number of nitrogens with one attached hydrogen (secondary N) is 1. The number of carbonyl (C=O) groups excluding carboxylic acids is 2. The zero-order valence-electron chi connectivity index (χ0n) is 39.8. The molecule has 0 aliphatic carbocycles. The standard InChI is InChI=1S/C55H95NO5/c1-4-7-10-13-16-19-22-25-26-27-30-33-36-39-42-45-48-55(60)61-51(46-43-40-37-34-31-28-23-20-17-14-11-8-5-2)49-54(59)56-52(50-57)53(58)47-44-41-38-35-32-29-24-21-18-15-12-9-6-3/h7-8,10-11,14,16-17,19-20,23,25-26,30,33,51-53,57-58H,4-6,9,12-13,15,18,21-22,24,27-29,31-32,34-50H2,1-3H3,(H,56,59)/b10-7+,11-8+,17-14+,19-16+,23-20+,26-25+,33-30+. The minimum atomic E-state index is -0.803. The molecule has 0 saturated heterocycles. The Labute approximate surface area is 376 Å². The molecule has 0 bridgehead atoms. The summed E-state index contributed by atoms with van der Waals surface area (Å²) in [4.78, 5) is 26.1. The minimum Gasteiger partial charge on any atom is -0.462 e. The highest BCUT2D eigenvalue weighted by atomic mass is 16.5. The number of carbonyl (C=O) groups is 2. The van der Waals surface area contributed by atoms with E-state index in [1.165, 1.54) is 64.2 Å². The van der Waals surface area contributed by atoms with E-state index >= 15 is 0 Å². The van der Waals surface area contributed by atoms with Crippen LogP contribution < -0.4 is 5.32 Å². The summed E-state index contributed by atoms with van der Waals surface area (Å²) in [5, 5.41) is 23.7. The van der Waals surface area contributed by atoms with Crippen LogP contribution in [0.2, 0.25) is 0 Å². The molecule has 3 unspecified atom stereocenters. The van der Waals surface area contributed by atoms with Gasteiger partial charge in [0, 0.05) is 6.42 Å². The first-order valence-electron chi connectivity index (χ1n) is 25.3. The molecule has 0 aromatic rings. The summed E-state index contributed by atoms with van der Waals surface area (Å²) in [6.45, 7) is 6.22. The molecular formula is C55H95NO5. The van der Waals surface area contributed by atoms with Gasteiger partial charge in [0.2, 0.25) is 5.91 Å². The molecule has 0 spiro atoms. The fourth-order valence-corrected chi connectivity index (χ4v) is 7.24. The van der Waals surface area contributed by atoms with Gasteiger partial charge >= 0.3 is 5.97 Å².